The molecule has 0 saturated carbocycles. The number of nitrogens with one attached hydrogen (secondary N) is 2. The van der Waals surface area contributed by atoms with E-state index in [2.05, 4.69) is 20.9 Å². The van der Waals surface area contributed by atoms with Crippen molar-refractivity contribution in [1.29, 1.82) is 0 Å². The summed E-state index contributed by atoms with van der Waals surface area (Å²) in [5, 5.41) is 4.25. The van der Waals surface area contributed by atoms with Crippen molar-refractivity contribution in [2.24, 2.45) is 0 Å². The maximum Gasteiger partial charge on any atom is 0.176 e. The van der Waals surface area contributed by atoms with Crippen LogP contribution in [0.25, 0.3) is 0 Å². The predicted molar refractivity (Wildman–Crippen MR) is 106 cm³/mol. The zero-order chi connectivity index (χ0) is 14.9. The fraction of sp³-hybridized carbons (Fsp3) is 0.800. The summed E-state index contributed by atoms with van der Waals surface area (Å²) in [6.07, 6.45) is 0. The van der Waals surface area contributed by atoms with E-state index in [1.54, 1.807) is 0 Å². The fourth-order valence-electron chi connectivity index (χ4n) is 1.72. The minimum absolute atomic E-state index is 0.617. The van der Waals surface area contributed by atoms with Gasteiger partial charge in [-0.05, 0) is 24.4 Å². The average Bonchev–Trinajstić information content (AvgIpc) is 2.49. The second-order valence-electron chi connectivity index (χ2n) is 4.23. The molecule has 2 heterocycles. The average molecular weight is 403 g/mol. The van der Waals surface area contributed by atoms with Crippen LogP contribution in [0.15, 0.2) is 0 Å². The summed E-state index contributed by atoms with van der Waals surface area (Å²) in [5.41, 5.74) is 6.35. The maximum atomic E-state index is 5.40. The molecule has 0 bridgehead atoms. The van der Waals surface area contributed by atoms with Gasteiger partial charge in [-0.15, -0.1) is 0 Å². The van der Waals surface area contributed by atoms with E-state index in [0.29, 0.717) is 8.64 Å². The van der Waals surface area contributed by atoms with Gasteiger partial charge in [0, 0.05) is 49.2 Å². The van der Waals surface area contributed by atoms with E-state index in [-0.39, 0.29) is 0 Å². The van der Waals surface area contributed by atoms with Crippen LogP contribution in [0.4, 0.5) is 0 Å². The third-order valence-corrected chi connectivity index (χ3v) is 6.25. The van der Waals surface area contributed by atoms with E-state index < -0.39 is 0 Å². The van der Waals surface area contributed by atoms with Gasteiger partial charge in [0.15, 0.2) is 8.64 Å². The van der Waals surface area contributed by atoms with E-state index in [9.17, 15) is 0 Å². The van der Waals surface area contributed by atoms with Gasteiger partial charge in [0.1, 0.15) is 0 Å². The monoisotopic (exact) mass is 402 g/mol. The van der Waals surface area contributed by atoms with Crippen LogP contribution < -0.4 is 10.9 Å². The highest BCUT2D eigenvalue weighted by molar-refractivity contribution is 8.29. The minimum atomic E-state index is 0.617. The first kappa shape index (κ1) is 18.4. The Hall–Kier alpha value is 1.06. The Morgan fingerprint density at radius 2 is 1.19 bits per heavy atom. The molecule has 0 unspecified atom stereocenters. The molecule has 11 heteroatoms. The van der Waals surface area contributed by atoms with Crippen molar-refractivity contribution in [1.82, 2.24) is 20.9 Å². The largest absolute Gasteiger partial charge is 0.302 e. The smallest absolute Gasteiger partial charge is 0.176 e. The summed E-state index contributed by atoms with van der Waals surface area (Å²) in [7, 11) is 0. The lowest BCUT2D eigenvalue weighted by atomic mass is 10.6. The molecule has 0 aliphatic carbocycles. The number of hydrazine groups is 2. The van der Waals surface area contributed by atoms with Crippen molar-refractivity contribution in [2.75, 3.05) is 49.2 Å². The predicted octanol–water partition coefficient (Wildman–Crippen LogP) is 1.98. The molecule has 0 aromatic carbocycles. The molecule has 2 rings (SSSR count). The van der Waals surface area contributed by atoms with Gasteiger partial charge in [-0.2, -0.15) is 23.5 Å². The Kier molecular flexibility index (Phi) is 9.43. The molecule has 2 aliphatic heterocycles. The van der Waals surface area contributed by atoms with Crippen LogP contribution in [0, 0.1) is 0 Å². The van der Waals surface area contributed by atoms with E-state index in [4.69, 9.17) is 28.1 Å². The van der Waals surface area contributed by atoms with Gasteiger partial charge in [-0.25, -0.2) is 13.6 Å². The summed E-state index contributed by atoms with van der Waals surface area (Å²) in [6.45, 7) is 4.02. The minimum Gasteiger partial charge on any atom is -0.302 e. The Balaban J connectivity index is 1.53. The molecule has 2 saturated heterocycles. The van der Waals surface area contributed by atoms with Crippen molar-refractivity contribution >= 4 is 80.7 Å². The summed E-state index contributed by atoms with van der Waals surface area (Å²) in [6, 6.07) is 0. The van der Waals surface area contributed by atoms with E-state index in [1.165, 1.54) is 0 Å². The van der Waals surface area contributed by atoms with Crippen LogP contribution in [0.3, 0.4) is 0 Å². The van der Waals surface area contributed by atoms with Gasteiger partial charge < -0.3 is 10.9 Å². The van der Waals surface area contributed by atoms with Crippen LogP contribution in [0.1, 0.15) is 0 Å². The molecule has 0 aromatic heterocycles. The van der Waals surface area contributed by atoms with Crippen molar-refractivity contribution in [3.8, 4) is 0 Å². The molecule has 21 heavy (non-hydrogen) atoms. The standard InChI is InChI=1S/C10H18N4OS6/c16-9(11-13-1-5-18-6-2-13)20-15-21-10(17)12-14-3-7-19-8-4-14/h1-8H2,(H,11,16)(H,12,17). The third kappa shape index (κ3) is 7.93. The SMILES string of the molecule is S=C(NN1CCSCC1)SOSC(=S)NN1CCSCC1. The van der Waals surface area contributed by atoms with E-state index in [0.717, 1.165) is 73.3 Å². The Labute approximate surface area is 153 Å². The molecule has 0 amide bonds. The summed E-state index contributed by atoms with van der Waals surface area (Å²) < 4.78 is 6.64. The van der Waals surface area contributed by atoms with Crippen LogP contribution in [0.5, 0.6) is 0 Å². The number of hydrogen-bond acceptors (Lipinski definition) is 9. The molecular formula is C10H18N4OS6. The van der Waals surface area contributed by atoms with Crippen molar-refractivity contribution in [3.05, 3.63) is 0 Å². The van der Waals surface area contributed by atoms with Gasteiger partial charge in [0.2, 0.25) is 0 Å². The topological polar surface area (TPSA) is 39.8 Å². The Bertz CT molecular complexity index is 316. The van der Waals surface area contributed by atoms with Crippen LogP contribution in [-0.2, 0) is 3.63 Å². The third-order valence-electron chi connectivity index (χ3n) is 2.74. The van der Waals surface area contributed by atoms with Gasteiger partial charge in [-0.3, -0.25) is 0 Å². The number of rotatable bonds is 4. The number of hydrogen-bond donors (Lipinski definition) is 2. The molecule has 2 fully saturated rings. The maximum absolute atomic E-state index is 5.40. The van der Waals surface area contributed by atoms with Gasteiger partial charge in [-0.1, -0.05) is 0 Å². The highest BCUT2D eigenvalue weighted by Crippen LogP contribution is 2.18. The highest BCUT2D eigenvalue weighted by Gasteiger charge is 2.14. The zero-order valence-corrected chi connectivity index (χ0v) is 16.3. The molecule has 120 valence electrons. The number of thiocarbonyl (C=S) groups is 2. The van der Waals surface area contributed by atoms with E-state index >= 15 is 0 Å². The number of thioether (sulfide) groups is 2. The molecule has 2 N–H and O–H groups in total. The van der Waals surface area contributed by atoms with Crippen molar-refractivity contribution < 1.29 is 3.63 Å². The first-order valence-electron chi connectivity index (χ1n) is 6.52. The van der Waals surface area contributed by atoms with Crippen molar-refractivity contribution in [3.63, 3.8) is 0 Å². The van der Waals surface area contributed by atoms with Crippen LogP contribution in [0.2, 0.25) is 0 Å². The lowest BCUT2D eigenvalue weighted by Gasteiger charge is -2.27. The summed E-state index contributed by atoms with van der Waals surface area (Å²) in [5.74, 6) is 4.55. The van der Waals surface area contributed by atoms with Gasteiger partial charge >= 0.3 is 0 Å². The molecule has 0 atom stereocenters. The highest BCUT2D eigenvalue weighted by atomic mass is 32.2. The molecular weight excluding hydrogens is 385 g/mol. The first-order valence-corrected chi connectivity index (χ1v) is 11.1. The molecule has 2 aliphatic rings. The quantitative estimate of drug-likeness (QED) is 0.536. The fourth-order valence-corrected chi connectivity index (χ4v) is 5.25. The van der Waals surface area contributed by atoms with E-state index in [1.807, 2.05) is 23.5 Å². The molecule has 0 aromatic rings. The lowest BCUT2D eigenvalue weighted by Crippen LogP contribution is -2.45. The summed E-state index contributed by atoms with van der Waals surface area (Å²) >= 11 is 16.7. The zero-order valence-electron chi connectivity index (χ0n) is 11.4. The van der Waals surface area contributed by atoms with Crippen LogP contribution >= 0.6 is 72.0 Å². The Morgan fingerprint density at radius 3 is 1.57 bits per heavy atom. The van der Waals surface area contributed by atoms with Gasteiger partial charge in [0.25, 0.3) is 0 Å². The second kappa shape index (κ2) is 10.8. The molecule has 0 spiro atoms. The first-order chi connectivity index (χ1) is 10.2. The lowest BCUT2D eigenvalue weighted by molar-refractivity contribution is 0.265. The molecule has 5 nitrogen and oxygen atoms in total. The molecule has 0 radical (unpaired) electrons. The summed E-state index contributed by atoms with van der Waals surface area (Å²) in [4.78, 5) is 0. The second-order valence-corrected chi connectivity index (χ2v) is 9.71. The number of nitrogens with zero attached hydrogens (tertiary/aromatic N) is 2. The van der Waals surface area contributed by atoms with Gasteiger partial charge in [0.05, 0.1) is 24.1 Å². The van der Waals surface area contributed by atoms with Crippen LogP contribution in [-0.4, -0.2) is 67.8 Å². The normalized spacial score (nSPS) is 21.0. The van der Waals surface area contributed by atoms with Crippen molar-refractivity contribution in [2.45, 2.75) is 0 Å². The Morgan fingerprint density at radius 1 is 0.810 bits per heavy atom.